The number of β-amino-alcohol motifs (C(OH)–C–C–N with tert-alkyl or cyclic N) is 1. The molecular formula is C7H13FN2O. The smallest absolute Gasteiger partial charge is 0.125 e. The number of nitrogens with zero attached hydrogens (tertiary/aromatic N) is 1. The monoisotopic (exact) mass is 160 g/mol. The summed E-state index contributed by atoms with van der Waals surface area (Å²) in [5.74, 6) is 0. The van der Waals surface area contributed by atoms with E-state index in [0.29, 0.717) is 19.6 Å². The first kappa shape index (κ1) is 7.46. The third kappa shape index (κ3) is 1.26. The average Bonchev–Trinajstić information content (AvgIpc) is 2.29. The molecule has 0 saturated carbocycles. The van der Waals surface area contributed by atoms with Crippen LogP contribution in [0.15, 0.2) is 0 Å². The van der Waals surface area contributed by atoms with Gasteiger partial charge in [-0.15, -0.1) is 0 Å². The van der Waals surface area contributed by atoms with Crippen LogP contribution in [-0.4, -0.2) is 54.5 Å². The fourth-order valence-corrected chi connectivity index (χ4v) is 1.75. The number of aliphatic hydroxyl groups is 1. The van der Waals surface area contributed by atoms with E-state index in [2.05, 4.69) is 5.32 Å². The van der Waals surface area contributed by atoms with Gasteiger partial charge in [-0.25, -0.2) is 4.39 Å². The number of aliphatic hydroxyl groups excluding tert-OH is 1. The van der Waals surface area contributed by atoms with Crippen molar-refractivity contribution in [2.24, 2.45) is 0 Å². The van der Waals surface area contributed by atoms with Gasteiger partial charge in [0.15, 0.2) is 0 Å². The van der Waals surface area contributed by atoms with Gasteiger partial charge in [0.25, 0.3) is 0 Å². The summed E-state index contributed by atoms with van der Waals surface area (Å²) in [5, 5.41) is 12.5. The van der Waals surface area contributed by atoms with Gasteiger partial charge in [-0.1, -0.05) is 0 Å². The average molecular weight is 160 g/mol. The van der Waals surface area contributed by atoms with Crippen molar-refractivity contribution < 1.29 is 9.50 Å². The molecule has 2 saturated heterocycles. The number of likely N-dealkylation sites (tertiary alicyclic amines) is 1. The maximum absolute atomic E-state index is 12.4. The van der Waals surface area contributed by atoms with E-state index < -0.39 is 6.17 Å². The van der Waals surface area contributed by atoms with Crippen molar-refractivity contribution in [3.8, 4) is 0 Å². The Hall–Kier alpha value is -0.190. The van der Waals surface area contributed by atoms with Crippen LogP contribution in [0, 0.1) is 0 Å². The zero-order valence-corrected chi connectivity index (χ0v) is 6.33. The van der Waals surface area contributed by atoms with Crippen LogP contribution in [0.25, 0.3) is 0 Å². The normalized spacial score (nSPS) is 40.9. The summed E-state index contributed by atoms with van der Waals surface area (Å²) in [4.78, 5) is 2.00. The van der Waals surface area contributed by atoms with E-state index in [0.717, 1.165) is 6.54 Å². The van der Waals surface area contributed by atoms with Crippen LogP contribution < -0.4 is 5.32 Å². The summed E-state index contributed by atoms with van der Waals surface area (Å²) in [6.07, 6.45) is -0.967. The molecular weight excluding hydrogens is 147 g/mol. The van der Waals surface area contributed by atoms with Gasteiger partial charge >= 0.3 is 0 Å². The molecule has 0 aromatic carbocycles. The van der Waals surface area contributed by atoms with Crippen molar-refractivity contribution in [3.05, 3.63) is 0 Å². The van der Waals surface area contributed by atoms with Crippen molar-refractivity contribution in [2.45, 2.75) is 18.3 Å². The van der Waals surface area contributed by atoms with Gasteiger partial charge in [-0.05, 0) is 0 Å². The molecule has 0 aromatic rings. The first-order valence-corrected chi connectivity index (χ1v) is 4.04. The highest BCUT2D eigenvalue weighted by atomic mass is 19.1. The molecule has 0 radical (unpaired) electrons. The highest BCUT2D eigenvalue weighted by Gasteiger charge is 2.37. The molecule has 2 heterocycles. The van der Waals surface area contributed by atoms with Crippen molar-refractivity contribution in [1.82, 2.24) is 10.2 Å². The summed E-state index contributed by atoms with van der Waals surface area (Å²) in [7, 11) is 0. The van der Waals surface area contributed by atoms with Crippen LogP contribution >= 0.6 is 0 Å². The largest absolute Gasteiger partial charge is 0.390 e. The molecule has 2 atom stereocenters. The van der Waals surface area contributed by atoms with E-state index in [1.165, 1.54) is 0 Å². The number of hydrogen-bond donors (Lipinski definition) is 2. The first-order chi connectivity index (χ1) is 5.27. The molecule has 4 heteroatoms. The summed E-state index contributed by atoms with van der Waals surface area (Å²) >= 11 is 0. The Bertz CT molecular complexity index is 149. The van der Waals surface area contributed by atoms with Crippen molar-refractivity contribution >= 4 is 0 Å². The van der Waals surface area contributed by atoms with Crippen LogP contribution in [0.3, 0.4) is 0 Å². The van der Waals surface area contributed by atoms with Gasteiger partial charge in [-0.2, -0.15) is 0 Å². The molecule has 2 aliphatic heterocycles. The fraction of sp³-hybridized carbons (Fsp3) is 1.00. The molecule has 0 aliphatic carbocycles. The maximum atomic E-state index is 12.4. The highest BCUT2D eigenvalue weighted by Crippen LogP contribution is 2.18. The van der Waals surface area contributed by atoms with E-state index in [1.807, 2.05) is 4.90 Å². The molecule has 2 rings (SSSR count). The molecule has 0 spiro atoms. The van der Waals surface area contributed by atoms with Crippen molar-refractivity contribution in [3.63, 3.8) is 0 Å². The van der Waals surface area contributed by atoms with Crippen LogP contribution in [0.2, 0.25) is 0 Å². The Kier molecular flexibility index (Phi) is 1.83. The van der Waals surface area contributed by atoms with Crippen LogP contribution in [0.5, 0.6) is 0 Å². The van der Waals surface area contributed by atoms with E-state index in [4.69, 9.17) is 0 Å². The first-order valence-electron chi connectivity index (χ1n) is 4.04. The number of rotatable bonds is 1. The Morgan fingerprint density at radius 3 is 2.55 bits per heavy atom. The second-order valence-electron chi connectivity index (χ2n) is 3.34. The third-order valence-corrected chi connectivity index (χ3v) is 2.49. The Morgan fingerprint density at radius 1 is 1.36 bits per heavy atom. The zero-order chi connectivity index (χ0) is 7.84. The zero-order valence-electron chi connectivity index (χ0n) is 6.33. The summed E-state index contributed by atoms with van der Waals surface area (Å²) in [5.41, 5.74) is 0. The summed E-state index contributed by atoms with van der Waals surface area (Å²) in [6.45, 7) is 2.46. The molecule has 2 fully saturated rings. The van der Waals surface area contributed by atoms with Crippen molar-refractivity contribution in [1.29, 1.82) is 0 Å². The lowest BCUT2D eigenvalue weighted by Crippen LogP contribution is -2.57. The molecule has 0 aromatic heterocycles. The second kappa shape index (κ2) is 2.69. The minimum atomic E-state index is -0.664. The summed E-state index contributed by atoms with van der Waals surface area (Å²) < 4.78 is 12.4. The standard InChI is InChI=1S/C7H13FN2O/c8-5-3-10(4-5)6-1-9-2-7(6)11/h5-7,9,11H,1-4H2/t6-,7-/m1/s1. The molecule has 2 N–H and O–H groups in total. The Balaban J connectivity index is 1.85. The van der Waals surface area contributed by atoms with Crippen LogP contribution in [0.1, 0.15) is 0 Å². The summed E-state index contributed by atoms with van der Waals surface area (Å²) in [6, 6.07) is 0.155. The third-order valence-electron chi connectivity index (χ3n) is 2.49. The SMILES string of the molecule is O[C@@H]1CNC[C@H]1N1CC(F)C1. The van der Waals surface area contributed by atoms with Gasteiger partial charge < -0.3 is 10.4 Å². The predicted octanol–water partition coefficient (Wildman–Crippen LogP) is -1.03. The Morgan fingerprint density at radius 2 is 2.09 bits per heavy atom. The molecule has 2 aliphatic rings. The predicted molar refractivity (Wildman–Crippen MR) is 39.1 cm³/mol. The van der Waals surface area contributed by atoms with E-state index in [1.54, 1.807) is 0 Å². The molecule has 64 valence electrons. The van der Waals surface area contributed by atoms with Gasteiger partial charge in [-0.3, -0.25) is 4.90 Å². The molecule has 3 nitrogen and oxygen atoms in total. The molecule has 0 unspecified atom stereocenters. The number of halogens is 1. The van der Waals surface area contributed by atoms with Crippen molar-refractivity contribution in [2.75, 3.05) is 26.2 Å². The van der Waals surface area contributed by atoms with Crippen LogP contribution in [-0.2, 0) is 0 Å². The minimum absolute atomic E-state index is 0.155. The lowest BCUT2D eigenvalue weighted by atomic mass is 10.1. The minimum Gasteiger partial charge on any atom is -0.390 e. The number of nitrogens with one attached hydrogen (secondary N) is 1. The van der Waals surface area contributed by atoms with Crippen LogP contribution in [0.4, 0.5) is 4.39 Å². The lowest BCUT2D eigenvalue weighted by Gasteiger charge is -2.39. The maximum Gasteiger partial charge on any atom is 0.125 e. The van der Waals surface area contributed by atoms with E-state index in [-0.39, 0.29) is 12.1 Å². The van der Waals surface area contributed by atoms with Gasteiger partial charge in [0.2, 0.25) is 0 Å². The van der Waals surface area contributed by atoms with Gasteiger partial charge in [0, 0.05) is 32.2 Å². The second-order valence-corrected chi connectivity index (χ2v) is 3.34. The molecule has 11 heavy (non-hydrogen) atoms. The Labute approximate surface area is 65.2 Å². The molecule has 0 bridgehead atoms. The number of alkyl halides is 1. The quantitative estimate of drug-likeness (QED) is 0.515. The number of hydrogen-bond acceptors (Lipinski definition) is 3. The van der Waals surface area contributed by atoms with Gasteiger partial charge in [0.1, 0.15) is 6.17 Å². The topological polar surface area (TPSA) is 35.5 Å². The van der Waals surface area contributed by atoms with Gasteiger partial charge in [0.05, 0.1) is 6.10 Å². The highest BCUT2D eigenvalue weighted by molar-refractivity contribution is 4.94. The lowest BCUT2D eigenvalue weighted by molar-refractivity contribution is -0.00745. The van der Waals surface area contributed by atoms with E-state index in [9.17, 15) is 9.50 Å². The molecule has 0 amide bonds. The fourth-order valence-electron chi connectivity index (χ4n) is 1.75. The van der Waals surface area contributed by atoms with E-state index >= 15 is 0 Å².